The van der Waals surface area contributed by atoms with Crippen LogP contribution in [0.3, 0.4) is 0 Å². The largest absolute Gasteiger partial charge is 0.492 e. The van der Waals surface area contributed by atoms with Crippen molar-refractivity contribution in [2.75, 3.05) is 39.5 Å². The van der Waals surface area contributed by atoms with Gasteiger partial charge in [0.25, 0.3) is 0 Å². The van der Waals surface area contributed by atoms with Crippen LogP contribution in [0.5, 0.6) is 0 Å². The highest BCUT2D eigenvalue weighted by atomic mass is 16.5. The van der Waals surface area contributed by atoms with Crippen molar-refractivity contribution in [3.8, 4) is 0 Å². The maximum atomic E-state index is 6.47. The lowest BCUT2D eigenvalue weighted by atomic mass is 9.88. The van der Waals surface area contributed by atoms with Crippen LogP contribution in [0.25, 0.3) is 11.6 Å². The summed E-state index contributed by atoms with van der Waals surface area (Å²) in [5.41, 5.74) is 5.18. The van der Waals surface area contributed by atoms with Gasteiger partial charge >= 0.3 is 0 Å². The van der Waals surface area contributed by atoms with Gasteiger partial charge in [-0.3, -0.25) is 4.90 Å². The third kappa shape index (κ3) is 4.92. The monoisotopic (exact) mass is 375 g/mol. The van der Waals surface area contributed by atoms with Gasteiger partial charge in [0, 0.05) is 25.2 Å². The first-order valence-electron chi connectivity index (χ1n) is 10.4. The highest BCUT2D eigenvalue weighted by Gasteiger charge is 2.21. The molecule has 3 heteroatoms. The predicted molar refractivity (Wildman–Crippen MR) is 115 cm³/mol. The van der Waals surface area contributed by atoms with Crippen LogP contribution in [0.1, 0.15) is 30.4 Å². The second-order valence-electron chi connectivity index (χ2n) is 7.41. The molecule has 0 bridgehead atoms. The maximum Gasteiger partial charge on any atom is 0.126 e. The summed E-state index contributed by atoms with van der Waals surface area (Å²) >= 11 is 0. The SMILES string of the molecule is C(=C1CCCC(c2ccccc2)=C1OCCN1CCOCC1)c1ccccc1. The minimum absolute atomic E-state index is 0.720. The number of morpholine rings is 1. The van der Waals surface area contributed by atoms with Crippen LogP contribution in [0.15, 0.2) is 72.0 Å². The third-order valence-corrected chi connectivity index (χ3v) is 5.46. The Hall–Kier alpha value is -2.36. The van der Waals surface area contributed by atoms with Crippen molar-refractivity contribution in [3.05, 3.63) is 83.1 Å². The Kier molecular flexibility index (Phi) is 6.59. The van der Waals surface area contributed by atoms with Gasteiger partial charge in [0.2, 0.25) is 0 Å². The van der Waals surface area contributed by atoms with Gasteiger partial charge in [-0.1, -0.05) is 60.7 Å². The average Bonchev–Trinajstić information content (AvgIpc) is 2.77. The van der Waals surface area contributed by atoms with Crippen LogP contribution in [-0.4, -0.2) is 44.4 Å². The maximum absolute atomic E-state index is 6.47. The molecule has 0 aromatic heterocycles. The molecule has 3 nitrogen and oxygen atoms in total. The Balaban J connectivity index is 1.58. The number of rotatable bonds is 6. The summed E-state index contributed by atoms with van der Waals surface area (Å²) in [6.45, 7) is 5.33. The van der Waals surface area contributed by atoms with E-state index in [1.165, 1.54) is 28.7 Å². The third-order valence-electron chi connectivity index (χ3n) is 5.46. The van der Waals surface area contributed by atoms with E-state index in [9.17, 15) is 0 Å². The first-order valence-corrected chi connectivity index (χ1v) is 10.4. The number of benzene rings is 2. The molecule has 2 aromatic rings. The molecule has 2 aromatic carbocycles. The molecule has 1 saturated heterocycles. The summed E-state index contributed by atoms with van der Waals surface area (Å²) in [6.07, 6.45) is 5.60. The van der Waals surface area contributed by atoms with E-state index in [2.05, 4.69) is 71.6 Å². The van der Waals surface area contributed by atoms with Crippen LogP contribution in [-0.2, 0) is 9.47 Å². The molecule has 1 heterocycles. The molecule has 4 rings (SSSR count). The molecule has 1 aliphatic heterocycles. The number of ether oxygens (including phenoxy) is 2. The van der Waals surface area contributed by atoms with E-state index in [1.54, 1.807) is 0 Å². The first-order chi connectivity index (χ1) is 13.9. The van der Waals surface area contributed by atoms with Crippen LogP contribution in [0.4, 0.5) is 0 Å². The molecule has 1 aliphatic carbocycles. The Morgan fingerprint density at radius 1 is 0.893 bits per heavy atom. The summed E-state index contributed by atoms with van der Waals surface area (Å²) in [5, 5.41) is 0. The molecule has 1 fully saturated rings. The molecule has 0 saturated carbocycles. The van der Waals surface area contributed by atoms with Gasteiger partial charge in [0.1, 0.15) is 12.4 Å². The van der Waals surface area contributed by atoms with Crippen LogP contribution in [0, 0.1) is 0 Å². The topological polar surface area (TPSA) is 21.7 Å². The summed E-state index contributed by atoms with van der Waals surface area (Å²) in [6, 6.07) is 21.3. The number of hydrogen-bond donors (Lipinski definition) is 0. The normalized spacial score (nSPS) is 19.8. The van der Waals surface area contributed by atoms with Gasteiger partial charge in [0.05, 0.1) is 13.2 Å². The Morgan fingerprint density at radius 3 is 2.36 bits per heavy atom. The quantitative estimate of drug-likeness (QED) is 0.708. The summed E-state index contributed by atoms with van der Waals surface area (Å²) in [7, 11) is 0. The van der Waals surface area contributed by atoms with Gasteiger partial charge in [-0.25, -0.2) is 0 Å². The summed E-state index contributed by atoms with van der Waals surface area (Å²) in [5.74, 6) is 1.09. The van der Waals surface area contributed by atoms with Gasteiger partial charge in [-0.05, 0) is 42.0 Å². The molecule has 0 amide bonds. The Bertz CT molecular complexity index is 805. The molecular formula is C25H29NO2. The van der Waals surface area contributed by atoms with Gasteiger partial charge in [0.15, 0.2) is 0 Å². The zero-order chi connectivity index (χ0) is 19.0. The molecular weight excluding hydrogens is 346 g/mol. The van der Waals surface area contributed by atoms with Crippen molar-refractivity contribution < 1.29 is 9.47 Å². The predicted octanol–water partition coefficient (Wildman–Crippen LogP) is 5.01. The number of nitrogens with zero attached hydrogens (tertiary/aromatic N) is 1. The fourth-order valence-electron chi connectivity index (χ4n) is 3.96. The lowest BCUT2D eigenvalue weighted by Crippen LogP contribution is -2.38. The fraction of sp³-hybridized carbons (Fsp3) is 0.360. The van der Waals surface area contributed by atoms with Gasteiger partial charge < -0.3 is 9.47 Å². The van der Waals surface area contributed by atoms with Crippen LogP contribution in [0.2, 0.25) is 0 Å². The first kappa shape index (κ1) is 19.0. The molecule has 0 unspecified atom stereocenters. The van der Waals surface area contributed by atoms with Crippen molar-refractivity contribution in [1.82, 2.24) is 4.90 Å². The molecule has 146 valence electrons. The lowest BCUT2D eigenvalue weighted by molar-refractivity contribution is 0.0279. The van der Waals surface area contributed by atoms with E-state index in [1.807, 2.05) is 0 Å². The molecule has 0 atom stereocenters. The van der Waals surface area contributed by atoms with Crippen molar-refractivity contribution >= 4 is 11.6 Å². The van der Waals surface area contributed by atoms with Gasteiger partial charge in [-0.2, -0.15) is 0 Å². The van der Waals surface area contributed by atoms with E-state index in [0.29, 0.717) is 0 Å². The van der Waals surface area contributed by atoms with Gasteiger partial charge in [-0.15, -0.1) is 0 Å². The molecule has 0 spiro atoms. The lowest BCUT2D eigenvalue weighted by Gasteiger charge is -2.28. The zero-order valence-electron chi connectivity index (χ0n) is 16.5. The minimum atomic E-state index is 0.720. The van der Waals surface area contributed by atoms with E-state index in [4.69, 9.17) is 9.47 Å². The average molecular weight is 376 g/mol. The van der Waals surface area contributed by atoms with Crippen LogP contribution < -0.4 is 0 Å². The van der Waals surface area contributed by atoms with E-state index >= 15 is 0 Å². The zero-order valence-corrected chi connectivity index (χ0v) is 16.5. The standard InChI is InChI=1S/C25H29NO2/c1-3-8-21(9-4-1)20-23-12-7-13-24(22-10-5-2-6-11-22)25(23)28-19-16-26-14-17-27-18-15-26/h1-6,8-11,20H,7,12-19H2. The van der Waals surface area contributed by atoms with Crippen molar-refractivity contribution in [2.45, 2.75) is 19.3 Å². The van der Waals surface area contributed by atoms with Crippen LogP contribution >= 0.6 is 0 Å². The second-order valence-corrected chi connectivity index (χ2v) is 7.41. The van der Waals surface area contributed by atoms with Crippen molar-refractivity contribution in [2.24, 2.45) is 0 Å². The second kappa shape index (κ2) is 9.72. The summed E-state index contributed by atoms with van der Waals surface area (Å²) < 4.78 is 11.9. The number of allylic oxidation sites excluding steroid dienone is 2. The molecule has 0 N–H and O–H groups in total. The number of hydrogen-bond acceptors (Lipinski definition) is 3. The highest BCUT2D eigenvalue weighted by molar-refractivity contribution is 5.75. The van der Waals surface area contributed by atoms with Crippen molar-refractivity contribution in [1.29, 1.82) is 0 Å². The smallest absolute Gasteiger partial charge is 0.126 e. The van der Waals surface area contributed by atoms with E-state index < -0.39 is 0 Å². The molecule has 0 radical (unpaired) electrons. The molecule has 28 heavy (non-hydrogen) atoms. The molecule has 2 aliphatic rings. The fourth-order valence-corrected chi connectivity index (χ4v) is 3.96. The minimum Gasteiger partial charge on any atom is -0.492 e. The van der Waals surface area contributed by atoms with Crippen molar-refractivity contribution in [3.63, 3.8) is 0 Å². The Labute approximate surface area is 168 Å². The Morgan fingerprint density at radius 2 is 1.61 bits per heavy atom. The highest BCUT2D eigenvalue weighted by Crippen LogP contribution is 2.37. The van der Waals surface area contributed by atoms with E-state index in [-0.39, 0.29) is 0 Å². The summed E-state index contributed by atoms with van der Waals surface area (Å²) in [4.78, 5) is 2.43. The van der Waals surface area contributed by atoms with E-state index in [0.717, 1.165) is 58.1 Å².